The maximum Gasteiger partial charge on any atom is 0.262 e. The summed E-state index contributed by atoms with van der Waals surface area (Å²) < 4.78 is 18.6. The van der Waals surface area contributed by atoms with Crippen molar-refractivity contribution in [3.63, 3.8) is 0 Å². The first kappa shape index (κ1) is 14.8. The van der Waals surface area contributed by atoms with Crippen LogP contribution < -0.4 is 10.1 Å². The molecule has 0 aliphatic heterocycles. The fourth-order valence-electron chi connectivity index (χ4n) is 1.56. The molecule has 0 saturated heterocycles. The number of nitriles is 1. The number of carbonyl (C=O) groups is 1. The molecule has 6 heteroatoms. The van der Waals surface area contributed by atoms with Gasteiger partial charge in [-0.1, -0.05) is 17.7 Å². The van der Waals surface area contributed by atoms with E-state index in [4.69, 9.17) is 21.6 Å². The van der Waals surface area contributed by atoms with Crippen LogP contribution >= 0.6 is 11.6 Å². The Hall–Kier alpha value is -2.58. The van der Waals surface area contributed by atoms with Crippen LogP contribution in [0, 0.1) is 17.1 Å². The van der Waals surface area contributed by atoms with Crippen LogP contribution in [0.1, 0.15) is 5.56 Å². The summed E-state index contributed by atoms with van der Waals surface area (Å²) in [5.41, 5.74) is 1.01. The predicted octanol–water partition coefficient (Wildman–Crippen LogP) is 3.37. The molecule has 0 aliphatic rings. The summed E-state index contributed by atoms with van der Waals surface area (Å²) in [5, 5.41) is 11.2. The second-order valence-corrected chi connectivity index (χ2v) is 4.49. The number of hydrogen-bond acceptors (Lipinski definition) is 3. The number of anilines is 1. The number of carbonyl (C=O) groups excluding carboxylic acids is 1. The van der Waals surface area contributed by atoms with Crippen molar-refractivity contribution in [2.75, 3.05) is 11.9 Å². The fraction of sp³-hybridized carbons (Fsp3) is 0.0667. The Morgan fingerprint density at radius 1 is 1.29 bits per heavy atom. The van der Waals surface area contributed by atoms with Gasteiger partial charge in [-0.05, 0) is 36.4 Å². The van der Waals surface area contributed by atoms with Gasteiger partial charge in [0.1, 0.15) is 0 Å². The first-order valence-corrected chi connectivity index (χ1v) is 6.35. The predicted molar refractivity (Wildman–Crippen MR) is 76.7 cm³/mol. The molecule has 2 rings (SSSR count). The number of hydrogen-bond donors (Lipinski definition) is 1. The summed E-state index contributed by atoms with van der Waals surface area (Å²) >= 11 is 5.61. The number of nitrogens with zero attached hydrogens (tertiary/aromatic N) is 1. The Bertz CT molecular complexity index is 696. The summed E-state index contributed by atoms with van der Waals surface area (Å²) in [4.78, 5) is 11.7. The first-order valence-electron chi connectivity index (χ1n) is 5.97. The van der Waals surface area contributed by atoms with Crippen molar-refractivity contribution >= 4 is 23.2 Å². The van der Waals surface area contributed by atoms with Gasteiger partial charge in [-0.3, -0.25) is 4.79 Å². The molecule has 0 bridgehead atoms. The molecule has 21 heavy (non-hydrogen) atoms. The fourth-order valence-corrected chi connectivity index (χ4v) is 1.73. The molecule has 1 N–H and O–H groups in total. The summed E-state index contributed by atoms with van der Waals surface area (Å²) in [6.07, 6.45) is 0. The van der Waals surface area contributed by atoms with Crippen LogP contribution in [0.3, 0.4) is 0 Å². The highest BCUT2D eigenvalue weighted by Crippen LogP contribution is 2.23. The lowest BCUT2D eigenvalue weighted by molar-refractivity contribution is -0.118. The van der Waals surface area contributed by atoms with E-state index in [2.05, 4.69) is 5.32 Å². The minimum absolute atomic E-state index is 0.0694. The molecule has 0 atom stereocenters. The van der Waals surface area contributed by atoms with Gasteiger partial charge in [-0.15, -0.1) is 0 Å². The molecule has 0 saturated carbocycles. The topological polar surface area (TPSA) is 62.1 Å². The number of nitrogens with one attached hydrogen (secondary N) is 1. The standard InChI is InChI=1S/C15H10ClFN2O2/c16-12-2-1-3-13(15(12)17)21-9-14(20)19-11-6-4-10(8-18)5-7-11/h1-7H,9H2,(H,19,20). The zero-order valence-electron chi connectivity index (χ0n) is 10.8. The monoisotopic (exact) mass is 304 g/mol. The van der Waals surface area contributed by atoms with E-state index >= 15 is 0 Å². The van der Waals surface area contributed by atoms with Gasteiger partial charge in [-0.2, -0.15) is 5.26 Å². The highest BCUT2D eigenvalue weighted by Gasteiger charge is 2.09. The lowest BCUT2D eigenvalue weighted by Gasteiger charge is -2.08. The average molecular weight is 305 g/mol. The van der Waals surface area contributed by atoms with Crippen LogP contribution in [0.2, 0.25) is 5.02 Å². The molecule has 0 spiro atoms. The Labute approximate surface area is 125 Å². The van der Waals surface area contributed by atoms with E-state index in [-0.39, 0.29) is 17.4 Å². The van der Waals surface area contributed by atoms with Gasteiger partial charge < -0.3 is 10.1 Å². The Morgan fingerprint density at radius 2 is 2.00 bits per heavy atom. The molecule has 0 heterocycles. The maximum atomic E-state index is 13.5. The van der Waals surface area contributed by atoms with E-state index in [1.165, 1.54) is 18.2 Å². The van der Waals surface area contributed by atoms with Gasteiger partial charge in [0.25, 0.3) is 5.91 Å². The molecule has 2 aromatic rings. The second kappa shape index (κ2) is 6.73. The number of ether oxygens (including phenoxy) is 1. The van der Waals surface area contributed by atoms with E-state index < -0.39 is 11.7 Å². The number of benzene rings is 2. The van der Waals surface area contributed by atoms with Crippen molar-refractivity contribution in [2.24, 2.45) is 0 Å². The van der Waals surface area contributed by atoms with Crippen LogP contribution in [0.25, 0.3) is 0 Å². The van der Waals surface area contributed by atoms with Crippen molar-refractivity contribution < 1.29 is 13.9 Å². The van der Waals surface area contributed by atoms with Crippen molar-refractivity contribution in [1.29, 1.82) is 5.26 Å². The maximum absolute atomic E-state index is 13.5. The highest BCUT2D eigenvalue weighted by molar-refractivity contribution is 6.30. The van der Waals surface area contributed by atoms with E-state index in [9.17, 15) is 9.18 Å². The Balaban J connectivity index is 1.93. The number of halogens is 2. The minimum atomic E-state index is -0.703. The number of amides is 1. The van der Waals surface area contributed by atoms with Gasteiger partial charge in [0.05, 0.1) is 16.7 Å². The van der Waals surface area contributed by atoms with E-state index in [1.54, 1.807) is 24.3 Å². The van der Waals surface area contributed by atoms with Crippen LogP contribution in [-0.4, -0.2) is 12.5 Å². The summed E-state index contributed by atoms with van der Waals surface area (Å²) in [6, 6.07) is 12.6. The third kappa shape index (κ3) is 3.94. The van der Waals surface area contributed by atoms with Gasteiger partial charge in [0, 0.05) is 5.69 Å². The third-order valence-electron chi connectivity index (χ3n) is 2.57. The quantitative estimate of drug-likeness (QED) is 0.942. The molecule has 0 unspecified atom stereocenters. The van der Waals surface area contributed by atoms with E-state index in [1.807, 2.05) is 6.07 Å². The number of rotatable bonds is 4. The van der Waals surface area contributed by atoms with Crippen molar-refractivity contribution in [2.45, 2.75) is 0 Å². The zero-order valence-corrected chi connectivity index (χ0v) is 11.5. The van der Waals surface area contributed by atoms with E-state index in [0.717, 1.165) is 0 Å². The van der Waals surface area contributed by atoms with Crippen LogP contribution in [0.15, 0.2) is 42.5 Å². The van der Waals surface area contributed by atoms with Gasteiger partial charge in [-0.25, -0.2) is 4.39 Å². The normalized spacial score (nSPS) is 9.76. The molecule has 4 nitrogen and oxygen atoms in total. The average Bonchev–Trinajstić information content (AvgIpc) is 2.49. The SMILES string of the molecule is N#Cc1ccc(NC(=O)COc2cccc(Cl)c2F)cc1. The summed E-state index contributed by atoms with van der Waals surface area (Å²) in [7, 11) is 0. The molecular weight excluding hydrogens is 295 g/mol. The van der Waals surface area contributed by atoms with Crippen molar-refractivity contribution in [3.05, 3.63) is 58.9 Å². The smallest absolute Gasteiger partial charge is 0.262 e. The Kier molecular flexibility index (Phi) is 4.75. The molecule has 0 radical (unpaired) electrons. The highest BCUT2D eigenvalue weighted by atomic mass is 35.5. The molecule has 1 amide bonds. The molecule has 0 aromatic heterocycles. The van der Waals surface area contributed by atoms with Gasteiger partial charge in [0.2, 0.25) is 0 Å². The van der Waals surface area contributed by atoms with Crippen molar-refractivity contribution in [1.82, 2.24) is 0 Å². The molecule has 106 valence electrons. The largest absolute Gasteiger partial charge is 0.481 e. The van der Waals surface area contributed by atoms with Crippen LogP contribution in [-0.2, 0) is 4.79 Å². The summed E-state index contributed by atoms with van der Waals surface area (Å²) in [6.45, 7) is -0.350. The third-order valence-corrected chi connectivity index (χ3v) is 2.86. The summed E-state index contributed by atoms with van der Waals surface area (Å²) in [5.74, 6) is -1.23. The van der Waals surface area contributed by atoms with Crippen molar-refractivity contribution in [3.8, 4) is 11.8 Å². The minimum Gasteiger partial charge on any atom is -0.481 e. The van der Waals surface area contributed by atoms with E-state index in [0.29, 0.717) is 11.3 Å². The van der Waals surface area contributed by atoms with Crippen LogP contribution in [0.5, 0.6) is 5.75 Å². The lowest BCUT2D eigenvalue weighted by Crippen LogP contribution is -2.20. The van der Waals surface area contributed by atoms with Gasteiger partial charge in [0.15, 0.2) is 18.2 Å². The molecule has 0 fully saturated rings. The zero-order chi connectivity index (χ0) is 15.2. The molecular formula is C15H10ClFN2O2. The first-order chi connectivity index (χ1) is 10.1. The Morgan fingerprint density at radius 3 is 2.67 bits per heavy atom. The molecule has 2 aromatic carbocycles. The van der Waals surface area contributed by atoms with Crippen LogP contribution in [0.4, 0.5) is 10.1 Å². The second-order valence-electron chi connectivity index (χ2n) is 4.08. The molecule has 0 aliphatic carbocycles. The lowest BCUT2D eigenvalue weighted by atomic mass is 10.2. The van der Waals surface area contributed by atoms with Gasteiger partial charge >= 0.3 is 0 Å².